The van der Waals surface area contributed by atoms with Crippen LogP contribution in [0.3, 0.4) is 0 Å². The van der Waals surface area contributed by atoms with Gasteiger partial charge >= 0.3 is 0 Å². The highest BCUT2D eigenvalue weighted by molar-refractivity contribution is 5.83. The molecule has 0 bridgehead atoms. The highest BCUT2D eigenvalue weighted by atomic mass is 16.3. The molecule has 5 nitrogen and oxygen atoms in total. The maximum absolute atomic E-state index is 9.29. The molecule has 1 aromatic heterocycles. The van der Waals surface area contributed by atoms with Crippen molar-refractivity contribution in [3.63, 3.8) is 0 Å². The zero-order chi connectivity index (χ0) is 11.0. The number of hydrogen-bond donors (Lipinski definition) is 3. The van der Waals surface area contributed by atoms with E-state index in [0.29, 0.717) is 11.1 Å². The minimum atomic E-state index is -0.128. The van der Waals surface area contributed by atoms with E-state index in [2.05, 4.69) is 15.4 Å². The van der Waals surface area contributed by atoms with Crippen molar-refractivity contribution in [3.8, 4) is 0 Å². The first kappa shape index (κ1) is 10.1. The molecule has 0 fully saturated rings. The Kier molecular flexibility index (Phi) is 2.42. The molecule has 15 heavy (non-hydrogen) atoms. The molecular formula is C10H13N3O2. The molecule has 3 N–H and O–H groups in total. The molecule has 0 radical (unpaired) electrons. The van der Waals surface area contributed by atoms with Gasteiger partial charge in [-0.1, -0.05) is 5.21 Å². The van der Waals surface area contributed by atoms with E-state index in [4.69, 9.17) is 0 Å². The van der Waals surface area contributed by atoms with Gasteiger partial charge in [-0.05, 0) is 30.5 Å². The molecule has 0 saturated heterocycles. The van der Waals surface area contributed by atoms with Crippen molar-refractivity contribution in [3.05, 3.63) is 22.3 Å². The number of aliphatic hydroxyl groups excluding tert-OH is 2. The van der Waals surface area contributed by atoms with E-state index in [9.17, 15) is 10.2 Å². The molecule has 5 heteroatoms. The number of aromatic amines is 1. The van der Waals surface area contributed by atoms with Gasteiger partial charge in [0.2, 0.25) is 0 Å². The number of hydrogen-bond acceptors (Lipinski definition) is 4. The number of fused-ring (bicyclic) bond motifs is 1. The maximum Gasteiger partial charge on any atom is 0.116 e. The van der Waals surface area contributed by atoms with Gasteiger partial charge in [-0.2, -0.15) is 0 Å². The summed E-state index contributed by atoms with van der Waals surface area (Å²) in [6, 6.07) is 0. The summed E-state index contributed by atoms with van der Waals surface area (Å²) in [5.41, 5.74) is 4.86. The fourth-order valence-corrected chi connectivity index (χ4v) is 1.87. The van der Waals surface area contributed by atoms with Crippen LogP contribution < -0.4 is 0 Å². The van der Waals surface area contributed by atoms with Gasteiger partial charge in [0.1, 0.15) is 5.52 Å². The average Bonchev–Trinajstić information content (AvgIpc) is 2.71. The van der Waals surface area contributed by atoms with E-state index in [1.807, 2.05) is 13.8 Å². The van der Waals surface area contributed by atoms with Crippen LogP contribution in [0.5, 0.6) is 0 Å². The molecule has 2 rings (SSSR count). The third-order valence-corrected chi connectivity index (χ3v) is 2.90. The standard InChI is InChI=1S/C10H13N3O2/c1-5-6(2)9-10(12-13-11-9)8(4-15)7(5)3-14/h14-15H,3-4H2,1-2H3,(H,11,12,13). The van der Waals surface area contributed by atoms with Crippen LogP contribution in [0.4, 0.5) is 0 Å². The Hall–Kier alpha value is -1.46. The number of nitrogens with zero attached hydrogens (tertiary/aromatic N) is 2. The first-order valence-corrected chi connectivity index (χ1v) is 4.74. The predicted molar refractivity (Wildman–Crippen MR) is 55.2 cm³/mol. The number of aromatic nitrogens is 3. The third-order valence-electron chi connectivity index (χ3n) is 2.90. The maximum atomic E-state index is 9.29. The average molecular weight is 207 g/mol. The lowest BCUT2D eigenvalue weighted by molar-refractivity contribution is 0.260. The SMILES string of the molecule is Cc1c(CO)c(CO)c2[nH]nnc2c1C. The van der Waals surface area contributed by atoms with Gasteiger partial charge in [-0.3, -0.25) is 5.10 Å². The van der Waals surface area contributed by atoms with Gasteiger partial charge in [0.05, 0.1) is 18.7 Å². The van der Waals surface area contributed by atoms with E-state index in [1.54, 1.807) is 0 Å². The summed E-state index contributed by atoms with van der Waals surface area (Å²) in [7, 11) is 0. The van der Waals surface area contributed by atoms with Crippen molar-refractivity contribution in [2.75, 3.05) is 0 Å². The summed E-state index contributed by atoms with van der Waals surface area (Å²) in [5, 5.41) is 29.0. The normalized spacial score (nSPS) is 11.2. The topological polar surface area (TPSA) is 82.0 Å². The molecule has 1 aromatic carbocycles. The Morgan fingerprint density at radius 3 is 2.33 bits per heavy atom. The summed E-state index contributed by atoms with van der Waals surface area (Å²) in [6.45, 7) is 3.63. The summed E-state index contributed by atoms with van der Waals surface area (Å²) in [5.74, 6) is 0. The van der Waals surface area contributed by atoms with Crippen LogP contribution in [0.25, 0.3) is 11.0 Å². The summed E-state index contributed by atoms with van der Waals surface area (Å²) >= 11 is 0. The lowest BCUT2D eigenvalue weighted by atomic mass is 9.96. The van der Waals surface area contributed by atoms with Crippen molar-refractivity contribution in [1.29, 1.82) is 0 Å². The zero-order valence-corrected chi connectivity index (χ0v) is 8.70. The van der Waals surface area contributed by atoms with Gasteiger partial charge < -0.3 is 10.2 Å². The Labute approximate surface area is 86.7 Å². The fourth-order valence-electron chi connectivity index (χ4n) is 1.87. The van der Waals surface area contributed by atoms with Crippen LogP contribution in [-0.2, 0) is 13.2 Å². The first-order valence-electron chi connectivity index (χ1n) is 4.74. The molecule has 80 valence electrons. The predicted octanol–water partition coefficient (Wildman–Crippen LogP) is 0.559. The van der Waals surface area contributed by atoms with Crippen molar-refractivity contribution < 1.29 is 10.2 Å². The number of aryl methyl sites for hydroxylation is 1. The minimum Gasteiger partial charge on any atom is -0.392 e. The largest absolute Gasteiger partial charge is 0.392 e. The summed E-state index contributed by atoms with van der Waals surface area (Å²) < 4.78 is 0. The van der Waals surface area contributed by atoms with Crippen molar-refractivity contribution in [1.82, 2.24) is 15.4 Å². The van der Waals surface area contributed by atoms with Gasteiger partial charge in [0, 0.05) is 5.56 Å². The monoisotopic (exact) mass is 207 g/mol. The minimum absolute atomic E-state index is 0.0858. The second-order valence-electron chi connectivity index (χ2n) is 3.56. The number of benzene rings is 1. The van der Waals surface area contributed by atoms with Gasteiger partial charge in [-0.25, -0.2) is 0 Å². The lowest BCUT2D eigenvalue weighted by Crippen LogP contribution is -2.01. The smallest absolute Gasteiger partial charge is 0.116 e. The second kappa shape index (κ2) is 3.60. The Morgan fingerprint density at radius 2 is 1.73 bits per heavy atom. The van der Waals surface area contributed by atoms with Crippen LogP contribution in [0.1, 0.15) is 22.3 Å². The number of H-pyrrole nitrogens is 1. The molecule has 1 heterocycles. The van der Waals surface area contributed by atoms with Crippen molar-refractivity contribution >= 4 is 11.0 Å². The molecule has 0 aliphatic rings. The summed E-state index contributed by atoms with van der Waals surface area (Å²) in [6.07, 6.45) is 0. The molecule has 0 aliphatic carbocycles. The quantitative estimate of drug-likeness (QED) is 0.672. The van der Waals surface area contributed by atoms with Crippen molar-refractivity contribution in [2.24, 2.45) is 0 Å². The molecule has 0 unspecified atom stereocenters. The highest BCUT2D eigenvalue weighted by Crippen LogP contribution is 2.27. The number of aliphatic hydroxyl groups is 2. The lowest BCUT2D eigenvalue weighted by Gasteiger charge is -2.12. The number of nitrogens with one attached hydrogen (secondary N) is 1. The van der Waals surface area contributed by atoms with E-state index in [0.717, 1.165) is 22.2 Å². The second-order valence-corrected chi connectivity index (χ2v) is 3.56. The molecule has 0 amide bonds. The van der Waals surface area contributed by atoms with Gasteiger partial charge in [-0.15, -0.1) is 5.10 Å². The molecule has 0 aliphatic heterocycles. The highest BCUT2D eigenvalue weighted by Gasteiger charge is 2.15. The van der Waals surface area contributed by atoms with E-state index >= 15 is 0 Å². The van der Waals surface area contributed by atoms with Crippen molar-refractivity contribution in [2.45, 2.75) is 27.1 Å². The zero-order valence-electron chi connectivity index (χ0n) is 8.70. The number of rotatable bonds is 2. The first-order chi connectivity index (χ1) is 7.20. The summed E-state index contributed by atoms with van der Waals surface area (Å²) in [4.78, 5) is 0. The van der Waals surface area contributed by atoms with E-state index in [1.165, 1.54) is 0 Å². The van der Waals surface area contributed by atoms with Crippen LogP contribution in [0.15, 0.2) is 0 Å². The molecule has 0 saturated carbocycles. The van der Waals surface area contributed by atoms with Crippen LogP contribution >= 0.6 is 0 Å². The van der Waals surface area contributed by atoms with Gasteiger partial charge in [0.15, 0.2) is 0 Å². The Balaban J connectivity index is 2.91. The Morgan fingerprint density at radius 1 is 1.07 bits per heavy atom. The molecule has 0 spiro atoms. The van der Waals surface area contributed by atoms with Crippen LogP contribution in [0, 0.1) is 13.8 Å². The van der Waals surface area contributed by atoms with E-state index in [-0.39, 0.29) is 13.2 Å². The molecule has 0 atom stereocenters. The third kappa shape index (κ3) is 1.32. The Bertz CT molecular complexity index is 505. The van der Waals surface area contributed by atoms with Gasteiger partial charge in [0.25, 0.3) is 0 Å². The molecular weight excluding hydrogens is 194 g/mol. The van der Waals surface area contributed by atoms with Crippen LogP contribution in [-0.4, -0.2) is 25.6 Å². The molecule has 2 aromatic rings. The van der Waals surface area contributed by atoms with Crippen LogP contribution in [0.2, 0.25) is 0 Å². The fraction of sp³-hybridized carbons (Fsp3) is 0.400. The van der Waals surface area contributed by atoms with E-state index < -0.39 is 0 Å².